The van der Waals surface area contributed by atoms with Gasteiger partial charge in [-0.2, -0.15) is 0 Å². The standard InChI is InChI=1S/C8H10N4O3/c1-12(4-6(9)13)8-10-2-5(3-11-8)7(14)15/h2-3H,4H2,1H3,(H2,9,13)(H,14,15). The first-order valence-corrected chi connectivity index (χ1v) is 4.05. The second-order valence-corrected chi connectivity index (χ2v) is 2.90. The predicted octanol–water partition coefficient (Wildman–Crippen LogP) is -0.904. The minimum absolute atomic E-state index is 0.00812. The zero-order valence-electron chi connectivity index (χ0n) is 8.04. The first-order chi connectivity index (χ1) is 7.00. The number of carboxylic acid groups (broad SMARTS) is 1. The van der Waals surface area contributed by atoms with Crippen LogP contribution in [0, 0.1) is 0 Å². The maximum atomic E-state index is 10.6. The van der Waals surface area contributed by atoms with Crippen LogP contribution in [-0.2, 0) is 4.79 Å². The Morgan fingerprint density at radius 3 is 2.40 bits per heavy atom. The first-order valence-electron chi connectivity index (χ1n) is 4.05. The van der Waals surface area contributed by atoms with Crippen molar-refractivity contribution < 1.29 is 14.7 Å². The van der Waals surface area contributed by atoms with Crippen LogP contribution in [0.25, 0.3) is 0 Å². The summed E-state index contributed by atoms with van der Waals surface area (Å²) in [5.41, 5.74) is 4.97. The van der Waals surface area contributed by atoms with E-state index in [9.17, 15) is 9.59 Å². The normalized spacial score (nSPS) is 9.67. The molecule has 0 aromatic carbocycles. The lowest BCUT2D eigenvalue weighted by Gasteiger charge is -2.13. The van der Waals surface area contributed by atoms with E-state index in [0.29, 0.717) is 0 Å². The Balaban J connectivity index is 2.79. The quantitative estimate of drug-likeness (QED) is 0.666. The van der Waals surface area contributed by atoms with Gasteiger partial charge < -0.3 is 15.7 Å². The number of amides is 1. The van der Waals surface area contributed by atoms with E-state index in [1.165, 1.54) is 17.3 Å². The number of rotatable bonds is 4. The van der Waals surface area contributed by atoms with Gasteiger partial charge in [-0.05, 0) is 0 Å². The molecule has 0 spiro atoms. The molecule has 0 saturated carbocycles. The molecule has 15 heavy (non-hydrogen) atoms. The van der Waals surface area contributed by atoms with E-state index in [1.807, 2.05) is 0 Å². The van der Waals surface area contributed by atoms with Crippen LogP contribution in [0.15, 0.2) is 12.4 Å². The monoisotopic (exact) mass is 210 g/mol. The molecule has 7 nitrogen and oxygen atoms in total. The summed E-state index contributed by atoms with van der Waals surface area (Å²) in [6.07, 6.45) is 2.34. The number of hydrogen-bond donors (Lipinski definition) is 2. The molecule has 0 fully saturated rings. The molecular weight excluding hydrogens is 200 g/mol. The van der Waals surface area contributed by atoms with Gasteiger partial charge in [0.1, 0.15) is 0 Å². The second-order valence-electron chi connectivity index (χ2n) is 2.90. The summed E-state index contributed by atoms with van der Waals surface area (Å²) in [6, 6.07) is 0. The molecule has 0 radical (unpaired) electrons. The first kappa shape index (κ1) is 10.9. The van der Waals surface area contributed by atoms with E-state index in [0.717, 1.165) is 0 Å². The molecule has 0 unspecified atom stereocenters. The van der Waals surface area contributed by atoms with Crippen molar-refractivity contribution in [3.05, 3.63) is 18.0 Å². The van der Waals surface area contributed by atoms with Crippen molar-refractivity contribution in [2.45, 2.75) is 0 Å². The Kier molecular flexibility index (Phi) is 3.17. The van der Waals surface area contributed by atoms with Gasteiger partial charge in [-0.1, -0.05) is 0 Å². The number of aromatic carboxylic acids is 1. The number of primary amides is 1. The summed E-state index contributed by atoms with van der Waals surface area (Å²) in [6.45, 7) is -0.0214. The average Bonchev–Trinajstić information content (AvgIpc) is 2.17. The fourth-order valence-corrected chi connectivity index (χ4v) is 0.933. The highest BCUT2D eigenvalue weighted by Gasteiger charge is 2.08. The predicted molar refractivity (Wildman–Crippen MR) is 51.5 cm³/mol. The van der Waals surface area contributed by atoms with Gasteiger partial charge in [-0.25, -0.2) is 14.8 Å². The zero-order chi connectivity index (χ0) is 11.4. The third kappa shape index (κ3) is 2.90. The minimum atomic E-state index is -1.10. The number of nitrogens with two attached hydrogens (primary N) is 1. The van der Waals surface area contributed by atoms with Crippen LogP contribution in [0.4, 0.5) is 5.95 Å². The molecule has 80 valence electrons. The molecule has 1 aromatic rings. The summed E-state index contributed by atoms with van der Waals surface area (Å²) in [5, 5.41) is 8.59. The van der Waals surface area contributed by atoms with Crippen molar-refractivity contribution in [3.63, 3.8) is 0 Å². The lowest BCUT2D eigenvalue weighted by Crippen LogP contribution is -2.31. The second kappa shape index (κ2) is 4.36. The highest BCUT2D eigenvalue weighted by atomic mass is 16.4. The maximum Gasteiger partial charge on any atom is 0.338 e. The lowest BCUT2D eigenvalue weighted by atomic mass is 10.3. The molecule has 1 rings (SSSR count). The summed E-state index contributed by atoms with van der Waals surface area (Å²) in [5.74, 6) is -1.36. The number of carbonyl (C=O) groups is 2. The number of aromatic nitrogens is 2. The minimum Gasteiger partial charge on any atom is -0.478 e. The Bertz CT molecular complexity index is 376. The van der Waals surface area contributed by atoms with Gasteiger partial charge in [-0.3, -0.25) is 4.79 Å². The van der Waals surface area contributed by atoms with E-state index in [2.05, 4.69) is 9.97 Å². The highest BCUT2D eigenvalue weighted by Crippen LogP contribution is 2.04. The Morgan fingerprint density at radius 2 is 2.00 bits per heavy atom. The SMILES string of the molecule is CN(CC(N)=O)c1ncc(C(=O)O)cn1. The number of hydrogen-bond acceptors (Lipinski definition) is 5. The lowest BCUT2D eigenvalue weighted by molar-refractivity contribution is -0.116. The van der Waals surface area contributed by atoms with Crippen molar-refractivity contribution in [2.75, 3.05) is 18.5 Å². The maximum absolute atomic E-state index is 10.6. The highest BCUT2D eigenvalue weighted by molar-refractivity contribution is 5.86. The van der Waals surface area contributed by atoms with Crippen molar-refractivity contribution in [1.29, 1.82) is 0 Å². The largest absolute Gasteiger partial charge is 0.478 e. The fraction of sp³-hybridized carbons (Fsp3) is 0.250. The smallest absolute Gasteiger partial charge is 0.338 e. The van der Waals surface area contributed by atoms with Crippen LogP contribution in [0.1, 0.15) is 10.4 Å². The molecule has 0 aliphatic carbocycles. The number of nitrogens with zero attached hydrogens (tertiary/aromatic N) is 3. The van der Waals surface area contributed by atoms with Gasteiger partial charge in [0, 0.05) is 19.4 Å². The summed E-state index contributed by atoms with van der Waals surface area (Å²) >= 11 is 0. The van der Waals surface area contributed by atoms with E-state index in [4.69, 9.17) is 10.8 Å². The molecule has 7 heteroatoms. The molecule has 1 amide bonds. The van der Waals surface area contributed by atoms with Gasteiger partial charge in [-0.15, -0.1) is 0 Å². The van der Waals surface area contributed by atoms with Crippen molar-refractivity contribution in [2.24, 2.45) is 5.73 Å². The summed E-state index contributed by atoms with van der Waals surface area (Å²) < 4.78 is 0. The molecule has 0 aliphatic heterocycles. The van der Waals surface area contributed by atoms with Crippen molar-refractivity contribution in [3.8, 4) is 0 Å². The van der Waals surface area contributed by atoms with Crippen LogP contribution in [0.5, 0.6) is 0 Å². The van der Waals surface area contributed by atoms with Crippen LogP contribution >= 0.6 is 0 Å². The summed E-state index contributed by atoms with van der Waals surface area (Å²) in [7, 11) is 1.58. The molecular formula is C8H10N4O3. The fourth-order valence-electron chi connectivity index (χ4n) is 0.933. The topological polar surface area (TPSA) is 109 Å². The van der Waals surface area contributed by atoms with Crippen LogP contribution in [0.3, 0.4) is 0 Å². The Morgan fingerprint density at radius 1 is 1.47 bits per heavy atom. The van der Waals surface area contributed by atoms with Crippen molar-refractivity contribution in [1.82, 2.24) is 9.97 Å². The number of carbonyl (C=O) groups excluding carboxylic acids is 1. The van der Waals surface area contributed by atoms with E-state index >= 15 is 0 Å². The molecule has 3 N–H and O–H groups in total. The molecule has 0 bridgehead atoms. The van der Waals surface area contributed by atoms with Gasteiger partial charge in [0.2, 0.25) is 11.9 Å². The molecule has 1 heterocycles. The van der Waals surface area contributed by atoms with E-state index < -0.39 is 11.9 Å². The molecule has 0 atom stereocenters. The zero-order valence-corrected chi connectivity index (χ0v) is 8.04. The van der Waals surface area contributed by atoms with Crippen molar-refractivity contribution >= 4 is 17.8 Å². The third-order valence-corrected chi connectivity index (χ3v) is 1.62. The van der Waals surface area contributed by atoms with E-state index in [-0.39, 0.29) is 18.1 Å². The summed E-state index contributed by atoms with van der Waals surface area (Å²) in [4.78, 5) is 30.1. The molecule has 0 aliphatic rings. The number of anilines is 1. The van der Waals surface area contributed by atoms with Crippen LogP contribution in [-0.4, -0.2) is 40.5 Å². The van der Waals surface area contributed by atoms with Crippen LogP contribution in [0.2, 0.25) is 0 Å². The van der Waals surface area contributed by atoms with E-state index in [1.54, 1.807) is 7.05 Å². The Labute approximate surface area is 85.5 Å². The average molecular weight is 210 g/mol. The van der Waals surface area contributed by atoms with Gasteiger partial charge in [0.05, 0.1) is 12.1 Å². The van der Waals surface area contributed by atoms with Gasteiger partial charge >= 0.3 is 5.97 Å². The van der Waals surface area contributed by atoms with Crippen LogP contribution < -0.4 is 10.6 Å². The van der Waals surface area contributed by atoms with Gasteiger partial charge in [0.25, 0.3) is 0 Å². The Hall–Kier alpha value is -2.18. The molecule has 0 saturated heterocycles. The number of carboxylic acids is 1. The number of likely N-dealkylation sites (N-methyl/N-ethyl adjacent to an activating group) is 1. The van der Waals surface area contributed by atoms with Gasteiger partial charge in [0.15, 0.2) is 0 Å². The molecule has 1 aromatic heterocycles. The third-order valence-electron chi connectivity index (χ3n) is 1.62.